The van der Waals surface area contributed by atoms with Gasteiger partial charge in [-0.25, -0.2) is 0 Å². The Hall–Kier alpha value is -2.42. The van der Waals surface area contributed by atoms with Crippen molar-refractivity contribution in [3.8, 4) is 0 Å². The summed E-state index contributed by atoms with van der Waals surface area (Å²) >= 11 is 1.80. The molecule has 0 atom stereocenters. The summed E-state index contributed by atoms with van der Waals surface area (Å²) in [6.45, 7) is 6.05. The third-order valence-corrected chi connectivity index (χ3v) is 7.21. The number of benzene rings is 2. The Morgan fingerprint density at radius 2 is 0.972 bits per heavy atom. The molecule has 0 N–H and O–H groups in total. The highest BCUT2D eigenvalue weighted by atomic mass is 32.1. The van der Waals surface area contributed by atoms with Crippen molar-refractivity contribution >= 4 is 22.7 Å². The number of rotatable bonds is 17. The van der Waals surface area contributed by atoms with Gasteiger partial charge in [0.1, 0.15) is 0 Å². The van der Waals surface area contributed by atoms with Gasteiger partial charge in [0.15, 0.2) is 0 Å². The Morgan fingerprint density at radius 1 is 0.583 bits per heavy atom. The molecular weight excluding hydrogens is 472 g/mol. The maximum absolute atomic E-state index is 5.31. The summed E-state index contributed by atoms with van der Waals surface area (Å²) in [5, 5.41) is 2.15. The van der Waals surface area contributed by atoms with Crippen LogP contribution in [0.4, 0.5) is 11.4 Å². The summed E-state index contributed by atoms with van der Waals surface area (Å²) in [6, 6.07) is 22.2. The van der Waals surface area contributed by atoms with Gasteiger partial charge in [-0.15, -0.1) is 11.3 Å². The quantitative estimate of drug-likeness (QED) is 0.250. The van der Waals surface area contributed by atoms with Crippen LogP contribution in [0.3, 0.4) is 0 Å². The second kappa shape index (κ2) is 15.6. The van der Waals surface area contributed by atoms with Gasteiger partial charge in [0.05, 0.1) is 26.4 Å². The summed E-state index contributed by atoms with van der Waals surface area (Å²) in [4.78, 5) is 5.95. The van der Waals surface area contributed by atoms with E-state index in [1.54, 1.807) is 39.8 Å². The highest BCUT2D eigenvalue weighted by molar-refractivity contribution is 7.10. The summed E-state index contributed by atoms with van der Waals surface area (Å²) in [5.74, 6) is 0.186. The molecule has 3 aromatic rings. The number of anilines is 2. The Bertz CT molecular complexity index is 884. The minimum absolute atomic E-state index is 0.186. The van der Waals surface area contributed by atoms with Crippen molar-refractivity contribution in [3.05, 3.63) is 82.0 Å². The minimum Gasteiger partial charge on any atom is -0.383 e. The van der Waals surface area contributed by atoms with Crippen molar-refractivity contribution in [2.75, 3.05) is 90.8 Å². The first-order chi connectivity index (χ1) is 17.7. The smallest absolute Gasteiger partial charge is 0.0637 e. The van der Waals surface area contributed by atoms with Crippen LogP contribution in [0.2, 0.25) is 0 Å². The second-order valence-electron chi connectivity index (χ2n) is 8.58. The fraction of sp³-hybridized carbons (Fsp3) is 0.448. The van der Waals surface area contributed by atoms with E-state index >= 15 is 0 Å². The Morgan fingerprint density at radius 3 is 1.28 bits per heavy atom. The minimum atomic E-state index is 0.186. The molecule has 36 heavy (non-hydrogen) atoms. The van der Waals surface area contributed by atoms with E-state index in [2.05, 4.69) is 75.8 Å². The van der Waals surface area contributed by atoms with Gasteiger partial charge in [-0.2, -0.15) is 0 Å². The van der Waals surface area contributed by atoms with Gasteiger partial charge in [0, 0.05) is 76.8 Å². The highest BCUT2D eigenvalue weighted by Crippen LogP contribution is 2.36. The fourth-order valence-electron chi connectivity index (χ4n) is 4.28. The molecule has 7 heteroatoms. The van der Waals surface area contributed by atoms with Crippen LogP contribution in [0.15, 0.2) is 66.0 Å². The molecule has 6 nitrogen and oxygen atoms in total. The Labute approximate surface area is 220 Å². The molecule has 0 fully saturated rings. The molecule has 3 rings (SSSR count). The van der Waals surface area contributed by atoms with Crippen LogP contribution >= 0.6 is 11.3 Å². The van der Waals surface area contributed by atoms with Crippen molar-refractivity contribution in [3.63, 3.8) is 0 Å². The first-order valence-corrected chi connectivity index (χ1v) is 13.3. The van der Waals surface area contributed by atoms with Gasteiger partial charge >= 0.3 is 0 Å². The van der Waals surface area contributed by atoms with Crippen LogP contribution in [0, 0.1) is 0 Å². The number of methoxy groups -OCH3 is 4. The van der Waals surface area contributed by atoms with E-state index in [0.717, 1.165) is 26.2 Å². The molecule has 2 aromatic carbocycles. The van der Waals surface area contributed by atoms with Gasteiger partial charge in [-0.3, -0.25) is 0 Å². The predicted octanol–water partition coefficient (Wildman–Crippen LogP) is 5.13. The zero-order valence-electron chi connectivity index (χ0n) is 22.0. The monoisotopic (exact) mass is 512 g/mol. The number of thiophene rings is 1. The topological polar surface area (TPSA) is 43.4 Å². The predicted molar refractivity (Wildman–Crippen MR) is 150 cm³/mol. The lowest BCUT2D eigenvalue weighted by molar-refractivity contribution is 0.190. The van der Waals surface area contributed by atoms with Crippen LogP contribution in [-0.4, -0.2) is 81.0 Å². The molecular formula is C29H40N2O4S. The number of hydrogen-bond acceptors (Lipinski definition) is 7. The third kappa shape index (κ3) is 8.05. The van der Waals surface area contributed by atoms with E-state index in [-0.39, 0.29) is 5.92 Å². The van der Waals surface area contributed by atoms with Crippen molar-refractivity contribution in [2.24, 2.45) is 0 Å². The van der Waals surface area contributed by atoms with Crippen molar-refractivity contribution in [1.29, 1.82) is 0 Å². The standard InChI is InChI=1S/C29H40N2O4S/c1-32-19-15-30(16-20-33-2)26-11-7-24(8-12-26)29(28-6-5-23-36-28)25-9-13-27(14-10-25)31(17-21-34-3)18-22-35-4/h5-14,23,29H,15-22H2,1-4H3. The molecule has 0 aliphatic carbocycles. The van der Waals surface area contributed by atoms with Gasteiger partial charge in [-0.1, -0.05) is 30.3 Å². The van der Waals surface area contributed by atoms with E-state index in [0.29, 0.717) is 26.4 Å². The van der Waals surface area contributed by atoms with Crippen LogP contribution in [0.1, 0.15) is 21.9 Å². The first-order valence-electron chi connectivity index (χ1n) is 12.4. The third-order valence-electron chi connectivity index (χ3n) is 6.27. The number of ether oxygens (including phenoxy) is 4. The van der Waals surface area contributed by atoms with E-state index in [1.807, 2.05) is 0 Å². The molecule has 1 heterocycles. The molecule has 1 aromatic heterocycles. The van der Waals surface area contributed by atoms with Crippen LogP contribution in [-0.2, 0) is 18.9 Å². The SMILES string of the molecule is COCCN(CCOC)c1ccc(C(c2ccc(N(CCOC)CCOC)cc2)c2cccs2)cc1. The average Bonchev–Trinajstić information content (AvgIpc) is 3.45. The van der Waals surface area contributed by atoms with Gasteiger partial charge in [0.25, 0.3) is 0 Å². The molecule has 0 saturated heterocycles. The maximum atomic E-state index is 5.31. The molecule has 0 radical (unpaired) electrons. The van der Waals surface area contributed by atoms with Crippen molar-refractivity contribution in [1.82, 2.24) is 0 Å². The zero-order valence-corrected chi connectivity index (χ0v) is 22.8. The first kappa shape index (κ1) is 28.2. The van der Waals surface area contributed by atoms with E-state index in [4.69, 9.17) is 18.9 Å². The second-order valence-corrected chi connectivity index (χ2v) is 9.56. The molecule has 0 amide bonds. The van der Waals surface area contributed by atoms with Crippen molar-refractivity contribution < 1.29 is 18.9 Å². The Kier molecular flexibility index (Phi) is 12.2. The molecule has 0 spiro atoms. The molecule has 0 unspecified atom stereocenters. The molecule has 0 saturated carbocycles. The average molecular weight is 513 g/mol. The molecule has 196 valence electrons. The lowest BCUT2D eigenvalue weighted by atomic mass is 9.89. The molecule has 0 aliphatic rings. The van der Waals surface area contributed by atoms with E-state index in [9.17, 15) is 0 Å². The maximum Gasteiger partial charge on any atom is 0.0637 e. The van der Waals surface area contributed by atoms with Crippen LogP contribution in [0.25, 0.3) is 0 Å². The normalized spacial score (nSPS) is 11.2. The van der Waals surface area contributed by atoms with Crippen LogP contribution < -0.4 is 9.80 Å². The van der Waals surface area contributed by atoms with Gasteiger partial charge < -0.3 is 28.7 Å². The highest BCUT2D eigenvalue weighted by Gasteiger charge is 2.19. The number of nitrogens with zero attached hydrogens (tertiary/aromatic N) is 2. The zero-order chi connectivity index (χ0) is 25.6. The summed E-state index contributed by atoms with van der Waals surface area (Å²) < 4.78 is 21.3. The van der Waals surface area contributed by atoms with E-state index in [1.165, 1.54) is 27.4 Å². The largest absolute Gasteiger partial charge is 0.383 e. The lowest BCUT2D eigenvalue weighted by Gasteiger charge is -2.26. The number of hydrogen-bond donors (Lipinski definition) is 0. The molecule has 0 bridgehead atoms. The molecule has 0 aliphatic heterocycles. The lowest BCUT2D eigenvalue weighted by Crippen LogP contribution is -2.30. The summed E-state index contributed by atoms with van der Waals surface area (Å²) in [6.07, 6.45) is 0. The van der Waals surface area contributed by atoms with Crippen molar-refractivity contribution in [2.45, 2.75) is 5.92 Å². The van der Waals surface area contributed by atoms with Gasteiger partial charge in [-0.05, 0) is 46.8 Å². The summed E-state index contributed by atoms with van der Waals surface area (Å²) in [5.41, 5.74) is 4.92. The van der Waals surface area contributed by atoms with E-state index < -0.39 is 0 Å². The van der Waals surface area contributed by atoms with Crippen LogP contribution in [0.5, 0.6) is 0 Å². The van der Waals surface area contributed by atoms with Gasteiger partial charge in [0.2, 0.25) is 0 Å². The summed E-state index contributed by atoms with van der Waals surface area (Å²) in [7, 11) is 6.96. The fourth-order valence-corrected chi connectivity index (χ4v) is 5.16. The Balaban J connectivity index is 1.85.